The van der Waals surface area contributed by atoms with E-state index < -0.39 is 23.8 Å². The molecule has 3 amide bonds. The second kappa shape index (κ2) is 17.8. The molecule has 240 valence electrons. The molecule has 0 aliphatic rings. The van der Waals surface area contributed by atoms with E-state index in [4.69, 9.17) is 4.74 Å². The number of alkyl carbamates (subject to hydrolysis) is 1. The number of carbonyl (C=O) groups excluding carboxylic acids is 3. The zero-order valence-electron chi connectivity index (χ0n) is 27.3. The Kier molecular flexibility index (Phi) is 13.9. The largest absolute Gasteiger partial charge is 0.444 e. The molecule has 0 aliphatic carbocycles. The molecule has 3 aromatic rings. The minimum absolute atomic E-state index is 0.246. The van der Waals surface area contributed by atoms with Crippen LogP contribution in [0.2, 0.25) is 0 Å². The van der Waals surface area contributed by atoms with Crippen LogP contribution in [0.4, 0.5) is 4.79 Å². The van der Waals surface area contributed by atoms with Gasteiger partial charge in [0.05, 0.1) is 0 Å². The number of rotatable bonds is 16. The van der Waals surface area contributed by atoms with Gasteiger partial charge in [0.25, 0.3) is 0 Å². The van der Waals surface area contributed by atoms with Gasteiger partial charge in [-0.1, -0.05) is 124 Å². The highest BCUT2D eigenvalue weighted by Crippen LogP contribution is 2.26. The molecule has 0 saturated carbocycles. The highest BCUT2D eigenvalue weighted by molar-refractivity contribution is 5.92. The van der Waals surface area contributed by atoms with Crippen molar-refractivity contribution in [2.24, 2.45) is 0 Å². The monoisotopic (exact) mass is 611 g/mol. The van der Waals surface area contributed by atoms with E-state index in [1.807, 2.05) is 84.9 Å². The molecule has 0 heterocycles. The molecule has 0 bridgehead atoms. The van der Waals surface area contributed by atoms with Crippen molar-refractivity contribution in [1.29, 1.82) is 0 Å². The number of hydrogen-bond donors (Lipinski definition) is 2. The lowest BCUT2D eigenvalue weighted by Crippen LogP contribution is -2.54. The summed E-state index contributed by atoms with van der Waals surface area (Å²) in [6, 6.07) is 24.9. The lowest BCUT2D eigenvalue weighted by Gasteiger charge is -2.35. The fourth-order valence-electron chi connectivity index (χ4n) is 5.16. The van der Waals surface area contributed by atoms with Crippen LogP contribution in [-0.2, 0) is 27.3 Å². The van der Waals surface area contributed by atoms with E-state index in [2.05, 4.69) is 24.1 Å². The van der Waals surface area contributed by atoms with Crippen molar-refractivity contribution in [3.63, 3.8) is 0 Å². The fourth-order valence-corrected chi connectivity index (χ4v) is 5.16. The van der Waals surface area contributed by atoms with Crippen LogP contribution in [0.3, 0.4) is 0 Å². The molecule has 3 aromatic carbocycles. The van der Waals surface area contributed by atoms with Crippen molar-refractivity contribution >= 4 is 24.0 Å². The lowest BCUT2D eigenvalue weighted by molar-refractivity contribution is -0.142. The standard InChI is InChI=1S/C38H49N3O4/c1-6-8-9-10-17-25-41(36(43)33(27-30-19-13-11-14-20-30)40-37(44)45-38(3,4)5)34(32-24-18-23-29(7-2)26-32)35(42)39-28-31-21-15-12-16-22-31/h7,11-16,18-24,26,33-34H,2,6,8-10,17,25,27-28H2,1,3-5H3,(H,39,42)(H,40,44). The first kappa shape index (κ1) is 35.1. The first-order chi connectivity index (χ1) is 21.6. The Morgan fingerprint density at radius 1 is 0.867 bits per heavy atom. The third-order valence-corrected chi connectivity index (χ3v) is 7.39. The van der Waals surface area contributed by atoms with Crippen LogP contribution >= 0.6 is 0 Å². The highest BCUT2D eigenvalue weighted by Gasteiger charge is 2.36. The van der Waals surface area contributed by atoms with Gasteiger partial charge in [0, 0.05) is 19.5 Å². The van der Waals surface area contributed by atoms with Gasteiger partial charge in [-0.3, -0.25) is 9.59 Å². The normalized spacial score (nSPS) is 12.4. The minimum Gasteiger partial charge on any atom is -0.444 e. The average molecular weight is 612 g/mol. The van der Waals surface area contributed by atoms with E-state index in [0.29, 0.717) is 18.7 Å². The fraction of sp³-hybridized carbons (Fsp3) is 0.395. The Morgan fingerprint density at radius 3 is 2.13 bits per heavy atom. The summed E-state index contributed by atoms with van der Waals surface area (Å²) in [5.41, 5.74) is 2.62. The summed E-state index contributed by atoms with van der Waals surface area (Å²) in [5.74, 6) is -0.637. The van der Waals surface area contributed by atoms with E-state index in [1.165, 1.54) is 0 Å². The molecule has 2 unspecified atom stereocenters. The molecule has 0 aliphatic heterocycles. The van der Waals surface area contributed by atoms with Gasteiger partial charge in [0.2, 0.25) is 11.8 Å². The summed E-state index contributed by atoms with van der Waals surface area (Å²) >= 11 is 0. The predicted octanol–water partition coefficient (Wildman–Crippen LogP) is 7.62. The van der Waals surface area contributed by atoms with E-state index in [0.717, 1.165) is 48.8 Å². The maximum absolute atomic E-state index is 14.7. The van der Waals surface area contributed by atoms with Gasteiger partial charge < -0.3 is 20.3 Å². The highest BCUT2D eigenvalue weighted by atomic mass is 16.6. The third-order valence-electron chi connectivity index (χ3n) is 7.39. The number of nitrogens with one attached hydrogen (secondary N) is 2. The van der Waals surface area contributed by atoms with E-state index in [1.54, 1.807) is 31.7 Å². The van der Waals surface area contributed by atoms with Crippen LogP contribution in [0.5, 0.6) is 0 Å². The number of nitrogens with zero attached hydrogens (tertiary/aromatic N) is 1. The molecule has 7 nitrogen and oxygen atoms in total. The first-order valence-electron chi connectivity index (χ1n) is 16.0. The van der Waals surface area contributed by atoms with Crippen molar-refractivity contribution in [1.82, 2.24) is 15.5 Å². The van der Waals surface area contributed by atoms with Gasteiger partial charge in [-0.2, -0.15) is 0 Å². The van der Waals surface area contributed by atoms with Gasteiger partial charge in [0.1, 0.15) is 17.7 Å². The molecule has 0 saturated heterocycles. The second-order valence-corrected chi connectivity index (χ2v) is 12.3. The van der Waals surface area contributed by atoms with Crippen LogP contribution in [0.1, 0.15) is 88.1 Å². The van der Waals surface area contributed by atoms with Crippen molar-refractivity contribution < 1.29 is 19.1 Å². The second-order valence-electron chi connectivity index (χ2n) is 12.3. The SMILES string of the molecule is C=Cc1cccc(C(C(=O)NCc2ccccc2)N(CCCCCCC)C(=O)C(Cc2ccccc2)NC(=O)OC(C)(C)C)c1. The summed E-state index contributed by atoms with van der Waals surface area (Å²) in [4.78, 5) is 43.5. The van der Waals surface area contributed by atoms with Crippen LogP contribution in [0.15, 0.2) is 91.5 Å². The van der Waals surface area contributed by atoms with Crippen molar-refractivity contribution in [2.75, 3.05) is 6.54 Å². The molecule has 3 rings (SSSR count). The van der Waals surface area contributed by atoms with Gasteiger partial charge in [-0.25, -0.2) is 4.79 Å². The number of carbonyl (C=O) groups is 3. The third kappa shape index (κ3) is 11.9. The molecule has 0 fully saturated rings. The smallest absolute Gasteiger partial charge is 0.408 e. The zero-order valence-corrected chi connectivity index (χ0v) is 27.3. The molecule has 45 heavy (non-hydrogen) atoms. The van der Waals surface area contributed by atoms with Crippen LogP contribution < -0.4 is 10.6 Å². The van der Waals surface area contributed by atoms with E-state index in [-0.39, 0.29) is 18.2 Å². The predicted molar refractivity (Wildman–Crippen MR) is 181 cm³/mol. The van der Waals surface area contributed by atoms with Gasteiger partial charge in [-0.05, 0) is 55.5 Å². The summed E-state index contributed by atoms with van der Waals surface area (Å²) in [6.45, 7) is 12.1. The van der Waals surface area contributed by atoms with Gasteiger partial charge in [-0.15, -0.1) is 0 Å². The summed E-state index contributed by atoms with van der Waals surface area (Å²) in [7, 11) is 0. The van der Waals surface area contributed by atoms with Crippen LogP contribution in [0, 0.1) is 0 Å². The maximum Gasteiger partial charge on any atom is 0.408 e. The van der Waals surface area contributed by atoms with Gasteiger partial charge in [0.15, 0.2) is 0 Å². The Balaban J connectivity index is 2.03. The molecular formula is C38H49N3O4. The minimum atomic E-state index is -0.954. The van der Waals surface area contributed by atoms with Crippen molar-refractivity contribution in [3.05, 3.63) is 114 Å². The molecule has 7 heteroatoms. The Labute approximate surface area is 269 Å². The molecule has 2 atom stereocenters. The molecule has 2 N–H and O–H groups in total. The van der Waals surface area contributed by atoms with Crippen molar-refractivity contribution in [3.8, 4) is 0 Å². The summed E-state index contributed by atoms with van der Waals surface area (Å²) in [6.07, 6.45) is 6.17. The van der Waals surface area contributed by atoms with E-state index in [9.17, 15) is 14.4 Å². The first-order valence-corrected chi connectivity index (χ1v) is 16.0. The topological polar surface area (TPSA) is 87.7 Å². The van der Waals surface area contributed by atoms with Crippen LogP contribution in [0.25, 0.3) is 6.08 Å². The number of benzene rings is 3. The number of unbranched alkanes of at least 4 members (excludes halogenated alkanes) is 4. The maximum atomic E-state index is 14.7. The number of hydrogen-bond acceptors (Lipinski definition) is 4. The molecule has 0 aromatic heterocycles. The average Bonchev–Trinajstić information content (AvgIpc) is 3.02. The molecule has 0 spiro atoms. The Bertz CT molecular complexity index is 1370. The lowest BCUT2D eigenvalue weighted by atomic mass is 9.98. The van der Waals surface area contributed by atoms with E-state index >= 15 is 0 Å². The number of amides is 3. The van der Waals surface area contributed by atoms with Crippen LogP contribution in [-0.4, -0.2) is 41.0 Å². The Morgan fingerprint density at radius 2 is 1.51 bits per heavy atom. The summed E-state index contributed by atoms with van der Waals surface area (Å²) in [5, 5.41) is 5.91. The Hall–Kier alpha value is -4.39. The number of ether oxygens (including phenoxy) is 1. The molecular weight excluding hydrogens is 562 g/mol. The van der Waals surface area contributed by atoms with Crippen molar-refractivity contribution in [2.45, 2.75) is 90.4 Å². The summed E-state index contributed by atoms with van der Waals surface area (Å²) < 4.78 is 5.56. The van der Waals surface area contributed by atoms with Gasteiger partial charge >= 0.3 is 6.09 Å². The molecule has 0 radical (unpaired) electrons. The quantitative estimate of drug-likeness (QED) is 0.163. The zero-order chi connectivity index (χ0) is 32.7.